The maximum atomic E-state index is 12.8. The quantitative estimate of drug-likeness (QED) is 0.819. The van der Waals surface area contributed by atoms with Crippen molar-refractivity contribution in [3.05, 3.63) is 58.7 Å². The van der Waals surface area contributed by atoms with Crippen LogP contribution in [0.4, 0.5) is 5.69 Å². The predicted molar refractivity (Wildman–Crippen MR) is 118 cm³/mol. The lowest BCUT2D eigenvalue weighted by Crippen LogP contribution is -2.52. The van der Waals surface area contributed by atoms with Crippen molar-refractivity contribution in [1.29, 1.82) is 0 Å². The third kappa shape index (κ3) is 4.48. The van der Waals surface area contributed by atoms with Crippen LogP contribution in [0.15, 0.2) is 36.4 Å². The van der Waals surface area contributed by atoms with Gasteiger partial charge in [-0.1, -0.05) is 18.2 Å². The average Bonchev–Trinajstić information content (AvgIpc) is 2.71. The number of fused-ring (bicyclic) bond motifs is 1. The van der Waals surface area contributed by atoms with Crippen molar-refractivity contribution in [2.24, 2.45) is 0 Å². The van der Waals surface area contributed by atoms with Crippen LogP contribution in [0.1, 0.15) is 53.2 Å². The van der Waals surface area contributed by atoms with E-state index >= 15 is 0 Å². The molecule has 2 amide bonds. The lowest BCUT2D eigenvalue weighted by atomic mass is 9.81. The van der Waals surface area contributed by atoms with E-state index in [1.807, 2.05) is 43.0 Å². The Labute approximate surface area is 182 Å². The molecule has 1 fully saturated rings. The standard InChI is InChI=1S/C25H28N2O4/c1-16-12-17(2)24-21(13-16)22(29)15-25(31-24)8-10-27(11-9-25)23(30)14-19-4-6-20(7-5-19)26-18(3)28/h4-7,12-13H,8-11,14-15H2,1-3H3,(H,26,28). The first-order valence-electron chi connectivity index (χ1n) is 10.7. The third-order valence-electron chi connectivity index (χ3n) is 6.18. The molecular weight excluding hydrogens is 392 g/mol. The number of nitrogens with one attached hydrogen (secondary N) is 1. The number of carbonyl (C=O) groups is 3. The smallest absolute Gasteiger partial charge is 0.226 e. The summed E-state index contributed by atoms with van der Waals surface area (Å²) in [6.45, 7) is 6.59. The summed E-state index contributed by atoms with van der Waals surface area (Å²) in [6, 6.07) is 11.3. The van der Waals surface area contributed by atoms with Crippen molar-refractivity contribution in [3.8, 4) is 5.75 Å². The summed E-state index contributed by atoms with van der Waals surface area (Å²) >= 11 is 0. The largest absolute Gasteiger partial charge is 0.486 e. The summed E-state index contributed by atoms with van der Waals surface area (Å²) < 4.78 is 6.41. The zero-order valence-corrected chi connectivity index (χ0v) is 18.3. The van der Waals surface area contributed by atoms with Crippen LogP contribution in [0.25, 0.3) is 0 Å². The van der Waals surface area contributed by atoms with E-state index in [0.29, 0.717) is 55.8 Å². The molecule has 0 atom stereocenters. The molecule has 0 unspecified atom stereocenters. The second-order valence-corrected chi connectivity index (χ2v) is 8.78. The van der Waals surface area contributed by atoms with Gasteiger partial charge in [-0.25, -0.2) is 0 Å². The maximum absolute atomic E-state index is 12.8. The molecule has 2 heterocycles. The Hall–Kier alpha value is -3.15. The van der Waals surface area contributed by atoms with Crippen LogP contribution in [0, 0.1) is 13.8 Å². The van der Waals surface area contributed by atoms with Crippen LogP contribution in [-0.2, 0) is 16.0 Å². The number of Topliss-reactive ketones (excluding diaryl/α,β-unsaturated/α-hetero) is 1. The summed E-state index contributed by atoms with van der Waals surface area (Å²) in [5, 5.41) is 2.72. The number of hydrogen-bond acceptors (Lipinski definition) is 4. The number of piperidine rings is 1. The fraction of sp³-hybridized carbons (Fsp3) is 0.400. The molecule has 6 heteroatoms. The first-order valence-corrected chi connectivity index (χ1v) is 10.7. The Balaban J connectivity index is 1.39. The summed E-state index contributed by atoms with van der Waals surface area (Å²) in [5.41, 5.74) is 3.85. The summed E-state index contributed by atoms with van der Waals surface area (Å²) in [5.74, 6) is 0.784. The molecule has 0 radical (unpaired) electrons. The lowest BCUT2D eigenvalue weighted by molar-refractivity contribution is -0.134. The molecule has 1 spiro atoms. The fourth-order valence-corrected chi connectivity index (χ4v) is 4.58. The van der Waals surface area contributed by atoms with Crippen LogP contribution in [0.3, 0.4) is 0 Å². The van der Waals surface area contributed by atoms with E-state index < -0.39 is 5.60 Å². The van der Waals surface area contributed by atoms with Gasteiger partial charge >= 0.3 is 0 Å². The molecule has 0 bridgehead atoms. The number of benzene rings is 2. The molecule has 0 aliphatic carbocycles. The number of hydrogen-bond donors (Lipinski definition) is 1. The third-order valence-corrected chi connectivity index (χ3v) is 6.18. The van der Waals surface area contributed by atoms with Gasteiger partial charge in [-0.2, -0.15) is 0 Å². The van der Waals surface area contributed by atoms with Gasteiger partial charge in [0.2, 0.25) is 11.8 Å². The molecule has 1 N–H and O–H groups in total. The van der Waals surface area contributed by atoms with Crippen LogP contribution in [0.2, 0.25) is 0 Å². The zero-order chi connectivity index (χ0) is 22.2. The van der Waals surface area contributed by atoms with Gasteiger partial charge in [0, 0.05) is 38.5 Å². The average molecular weight is 421 g/mol. The Morgan fingerprint density at radius 3 is 2.42 bits per heavy atom. The van der Waals surface area contributed by atoms with Crippen molar-refractivity contribution >= 4 is 23.3 Å². The number of ketones is 1. The highest BCUT2D eigenvalue weighted by Crippen LogP contribution is 2.41. The van der Waals surface area contributed by atoms with Gasteiger partial charge in [-0.05, 0) is 48.7 Å². The highest BCUT2D eigenvalue weighted by molar-refractivity contribution is 6.01. The minimum atomic E-state index is -0.513. The summed E-state index contributed by atoms with van der Waals surface area (Å²) in [7, 11) is 0. The van der Waals surface area contributed by atoms with Crippen LogP contribution in [0.5, 0.6) is 5.75 Å². The summed E-state index contributed by atoms with van der Waals surface area (Å²) in [4.78, 5) is 38.6. The zero-order valence-electron chi connectivity index (χ0n) is 18.3. The second kappa shape index (κ2) is 8.17. The van der Waals surface area contributed by atoms with E-state index in [2.05, 4.69) is 5.32 Å². The molecule has 31 heavy (non-hydrogen) atoms. The van der Waals surface area contributed by atoms with Gasteiger partial charge in [-0.3, -0.25) is 14.4 Å². The van der Waals surface area contributed by atoms with Gasteiger partial charge < -0.3 is 15.0 Å². The fourth-order valence-electron chi connectivity index (χ4n) is 4.58. The van der Waals surface area contributed by atoms with Crippen molar-refractivity contribution in [1.82, 2.24) is 4.90 Å². The van der Waals surface area contributed by atoms with Gasteiger partial charge in [-0.15, -0.1) is 0 Å². The number of aryl methyl sites for hydroxylation is 2. The minimum absolute atomic E-state index is 0.0662. The predicted octanol–water partition coefficient (Wildman–Crippen LogP) is 3.83. The molecule has 162 valence electrons. The molecule has 2 aliphatic rings. The first kappa shape index (κ1) is 21.1. The molecule has 2 aliphatic heterocycles. The SMILES string of the molecule is CC(=O)Nc1ccc(CC(=O)N2CCC3(CC2)CC(=O)c2cc(C)cc(C)c2O3)cc1. The monoisotopic (exact) mass is 420 g/mol. The first-order chi connectivity index (χ1) is 14.7. The number of carbonyl (C=O) groups excluding carboxylic acids is 3. The van der Waals surface area contributed by atoms with Crippen molar-refractivity contribution in [2.75, 3.05) is 18.4 Å². The molecule has 0 aromatic heterocycles. The highest BCUT2D eigenvalue weighted by Gasteiger charge is 2.44. The van der Waals surface area contributed by atoms with Gasteiger partial charge in [0.05, 0.1) is 18.4 Å². The molecule has 0 saturated carbocycles. The van der Waals surface area contributed by atoms with Gasteiger partial charge in [0.25, 0.3) is 0 Å². The normalized spacial score (nSPS) is 17.1. The summed E-state index contributed by atoms with van der Waals surface area (Å²) in [6.07, 6.45) is 1.99. The number of likely N-dealkylation sites (tertiary alicyclic amines) is 1. The molecule has 4 rings (SSSR count). The van der Waals surface area contributed by atoms with Crippen LogP contribution in [-0.4, -0.2) is 41.2 Å². The second-order valence-electron chi connectivity index (χ2n) is 8.78. The number of ether oxygens (including phenoxy) is 1. The molecule has 2 aromatic rings. The maximum Gasteiger partial charge on any atom is 0.226 e. The van der Waals surface area contributed by atoms with Crippen molar-refractivity contribution in [2.45, 2.75) is 52.1 Å². The van der Waals surface area contributed by atoms with E-state index in [-0.39, 0.29) is 17.6 Å². The van der Waals surface area contributed by atoms with Crippen LogP contribution >= 0.6 is 0 Å². The van der Waals surface area contributed by atoms with E-state index in [1.54, 1.807) is 12.1 Å². The Morgan fingerprint density at radius 1 is 1.10 bits per heavy atom. The van der Waals surface area contributed by atoms with E-state index in [9.17, 15) is 14.4 Å². The van der Waals surface area contributed by atoms with Crippen LogP contribution < -0.4 is 10.1 Å². The number of nitrogens with zero attached hydrogens (tertiary/aromatic N) is 1. The highest BCUT2D eigenvalue weighted by atomic mass is 16.5. The number of amides is 2. The topological polar surface area (TPSA) is 75.7 Å². The van der Waals surface area contributed by atoms with Gasteiger partial charge in [0.15, 0.2) is 5.78 Å². The molecule has 2 aromatic carbocycles. The minimum Gasteiger partial charge on any atom is -0.486 e. The Kier molecular flexibility index (Phi) is 5.56. The molecular formula is C25H28N2O4. The van der Waals surface area contributed by atoms with Gasteiger partial charge in [0.1, 0.15) is 11.4 Å². The van der Waals surface area contributed by atoms with Crippen molar-refractivity contribution < 1.29 is 19.1 Å². The molecule has 1 saturated heterocycles. The van der Waals surface area contributed by atoms with E-state index in [1.165, 1.54) is 6.92 Å². The Morgan fingerprint density at radius 2 is 1.77 bits per heavy atom. The van der Waals surface area contributed by atoms with E-state index in [4.69, 9.17) is 4.74 Å². The Bertz CT molecular complexity index is 1030. The number of anilines is 1. The lowest BCUT2D eigenvalue weighted by Gasteiger charge is -2.44. The number of rotatable bonds is 3. The van der Waals surface area contributed by atoms with E-state index in [0.717, 1.165) is 16.7 Å². The van der Waals surface area contributed by atoms with Crippen molar-refractivity contribution in [3.63, 3.8) is 0 Å². The molecule has 6 nitrogen and oxygen atoms in total.